The van der Waals surface area contributed by atoms with Gasteiger partial charge in [0.1, 0.15) is 0 Å². The van der Waals surface area contributed by atoms with Crippen molar-refractivity contribution in [3.63, 3.8) is 0 Å². The minimum absolute atomic E-state index is 0.0876. The summed E-state index contributed by atoms with van der Waals surface area (Å²) in [6.07, 6.45) is 4.06. The average Bonchev–Trinajstić information content (AvgIpc) is 3.24. The summed E-state index contributed by atoms with van der Waals surface area (Å²) in [5, 5.41) is 7.02. The highest BCUT2D eigenvalue weighted by Gasteiger charge is 2.36. The Morgan fingerprint density at radius 1 is 1.43 bits per heavy atom. The number of hydrogen-bond donors (Lipinski definition) is 2. The van der Waals surface area contributed by atoms with Gasteiger partial charge in [-0.05, 0) is 18.6 Å². The third-order valence-electron chi connectivity index (χ3n) is 4.11. The minimum Gasteiger partial charge on any atom is -0.373 e. The van der Waals surface area contributed by atoms with E-state index in [0.29, 0.717) is 19.0 Å². The van der Waals surface area contributed by atoms with E-state index in [2.05, 4.69) is 20.4 Å². The first-order chi connectivity index (χ1) is 11.2. The van der Waals surface area contributed by atoms with E-state index in [1.165, 1.54) is 0 Å². The molecule has 0 bridgehead atoms. The molecular formula is C16H17N5O2. The van der Waals surface area contributed by atoms with Crippen molar-refractivity contribution in [2.75, 3.05) is 11.9 Å². The van der Waals surface area contributed by atoms with Crippen LogP contribution in [0.15, 0.2) is 36.7 Å². The quantitative estimate of drug-likeness (QED) is 0.775. The maximum atomic E-state index is 12.6. The van der Waals surface area contributed by atoms with Gasteiger partial charge in [0.2, 0.25) is 11.9 Å². The van der Waals surface area contributed by atoms with Crippen LogP contribution in [0.2, 0.25) is 0 Å². The average molecular weight is 311 g/mol. The molecule has 2 atom stereocenters. The van der Waals surface area contributed by atoms with Gasteiger partial charge in [-0.3, -0.25) is 14.8 Å². The van der Waals surface area contributed by atoms with Crippen molar-refractivity contribution >= 4 is 22.9 Å². The van der Waals surface area contributed by atoms with Gasteiger partial charge < -0.3 is 9.72 Å². The van der Waals surface area contributed by atoms with Crippen LogP contribution in [-0.4, -0.2) is 32.3 Å². The molecule has 1 saturated heterocycles. The van der Waals surface area contributed by atoms with Crippen molar-refractivity contribution in [3.8, 4) is 0 Å². The maximum absolute atomic E-state index is 12.6. The van der Waals surface area contributed by atoms with E-state index < -0.39 is 0 Å². The Kier molecular flexibility index (Phi) is 3.34. The molecule has 1 aliphatic rings. The Morgan fingerprint density at radius 3 is 3.09 bits per heavy atom. The fourth-order valence-corrected chi connectivity index (χ4v) is 3.00. The van der Waals surface area contributed by atoms with Gasteiger partial charge in [-0.1, -0.05) is 12.1 Å². The van der Waals surface area contributed by atoms with Crippen LogP contribution < -0.4 is 5.32 Å². The number of aromatic amines is 1. The number of ether oxygens (including phenoxy) is 1. The first-order valence-electron chi connectivity index (χ1n) is 7.56. The first kappa shape index (κ1) is 14.0. The normalized spacial score (nSPS) is 20.9. The van der Waals surface area contributed by atoms with Crippen molar-refractivity contribution < 1.29 is 9.53 Å². The second-order valence-corrected chi connectivity index (χ2v) is 5.73. The zero-order valence-corrected chi connectivity index (χ0v) is 12.7. The van der Waals surface area contributed by atoms with Crippen molar-refractivity contribution in [3.05, 3.63) is 42.2 Å². The number of aryl methyl sites for hydroxylation is 1. The van der Waals surface area contributed by atoms with Crippen LogP contribution in [0.5, 0.6) is 0 Å². The smallest absolute Gasteiger partial charge is 0.232 e. The molecule has 3 aromatic rings. The molecule has 23 heavy (non-hydrogen) atoms. The number of imidazole rings is 1. The molecule has 0 radical (unpaired) electrons. The number of aromatic nitrogens is 4. The van der Waals surface area contributed by atoms with Gasteiger partial charge in [-0.25, -0.2) is 4.98 Å². The molecule has 3 heterocycles. The summed E-state index contributed by atoms with van der Waals surface area (Å²) < 4.78 is 7.45. The lowest BCUT2D eigenvalue weighted by atomic mass is 9.96. The summed E-state index contributed by atoms with van der Waals surface area (Å²) in [5.41, 5.74) is 2.65. The summed E-state index contributed by atoms with van der Waals surface area (Å²) in [6.45, 7) is 0.567. The standard InChI is InChI=1S/C16H17N5O2/c1-21-9-10(8-17-21)14-11(6-7-23-14)15(22)20-16-18-12-4-2-3-5-13(12)19-16/h2-5,8-9,11,14H,6-7H2,1H3,(H2,18,19,20,22)/t11-,14+/m1/s1. The van der Waals surface area contributed by atoms with E-state index in [1.54, 1.807) is 10.9 Å². The number of hydrogen-bond acceptors (Lipinski definition) is 4. The Hall–Kier alpha value is -2.67. The molecule has 0 spiro atoms. The highest BCUT2D eigenvalue weighted by atomic mass is 16.5. The zero-order chi connectivity index (χ0) is 15.8. The Bertz CT molecular complexity index is 820. The van der Waals surface area contributed by atoms with Gasteiger partial charge >= 0.3 is 0 Å². The Balaban J connectivity index is 1.53. The summed E-state index contributed by atoms with van der Waals surface area (Å²) in [4.78, 5) is 20.1. The predicted octanol–water partition coefficient (Wildman–Crippen LogP) is 2.01. The van der Waals surface area contributed by atoms with Crippen molar-refractivity contribution in [2.45, 2.75) is 12.5 Å². The molecule has 2 N–H and O–H groups in total. The number of fused-ring (bicyclic) bond motifs is 1. The van der Waals surface area contributed by atoms with Gasteiger partial charge in [0, 0.05) is 25.4 Å². The van der Waals surface area contributed by atoms with Crippen LogP contribution in [0.25, 0.3) is 11.0 Å². The number of nitrogens with one attached hydrogen (secondary N) is 2. The fourth-order valence-electron chi connectivity index (χ4n) is 3.00. The van der Waals surface area contributed by atoms with E-state index in [9.17, 15) is 4.79 Å². The summed E-state index contributed by atoms with van der Waals surface area (Å²) in [6, 6.07) is 7.67. The van der Waals surface area contributed by atoms with E-state index in [0.717, 1.165) is 16.6 Å². The number of benzene rings is 1. The molecule has 1 aliphatic heterocycles. The second kappa shape index (κ2) is 5.51. The lowest BCUT2D eigenvalue weighted by Gasteiger charge is -2.15. The number of nitrogens with zero attached hydrogens (tertiary/aromatic N) is 3. The van der Waals surface area contributed by atoms with Gasteiger partial charge in [0.05, 0.1) is 29.3 Å². The summed E-state index contributed by atoms with van der Waals surface area (Å²) in [7, 11) is 1.85. The Labute approximate surface area is 132 Å². The zero-order valence-electron chi connectivity index (χ0n) is 12.7. The van der Waals surface area contributed by atoms with Crippen molar-refractivity contribution in [2.24, 2.45) is 13.0 Å². The number of carbonyl (C=O) groups is 1. The second-order valence-electron chi connectivity index (χ2n) is 5.73. The lowest BCUT2D eigenvalue weighted by molar-refractivity contribution is -0.121. The van der Waals surface area contributed by atoms with E-state index in [-0.39, 0.29) is 17.9 Å². The number of amides is 1. The minimum atomic E-state index is -0.256. The molecule has 7 nitrogen and oxygen atoms in total. The molecule has 0 saturated carbocycles. The Morgan fingerprint density at radius 2 is 2.30 bits per heavy atom. The van der Waals surface area contributed by atoms with E-state index in [4.69, 9.17) is 4.74 Å². The molecule has 0 unspecified atom stereocenters. The molecular weight excluding hydrogens is 294 g/mol. The highest BCUT2D eigenvalue weighted by Crippen LogP contribution is 2.35. The van der Waals surface area contributed by atoms with Gasteiger partial charge in [0.15, 0.2) is 0 Å². The fraction of sp³-hybridized carbons (Fsp3) is 0.312. The molecule has 1 fully saturated rings. The SMILES string of the molecule is Cn1cc([C@@H]2OCC[C@H]2C(=O)Nc2nc3ccccc3[nH]2)cn1. The number of carbonyl (C=O) groups excluding carboxylic acids is 1. The molecule has 4 rings (SSSR count). The lowest BCUT2D eigenvalue weighted by Crippen LogP contribution is -2.25. The van der Waals surface area contributed by atoms with E-state index >= 15 is 0 Å². The van der Waals surface area contributed by atoms with Crippen LogP contribution in [0, 0.1) is 5.92 Å². The summed E-state index contributed by atoms with van der Waals surface area (Å²) in [5.74, 6) is 0.135. The van der Waals surface area contributed by atoms with Crippen molar-refractivity contribution in [1.82, 2.24) is 19.7 Å². The van der Waals surface area contributed by atoms with Crippen LogP contribution in [0.1, 0.15) is 18.1 Å². The molecule has 118 valence electrons. The van der Waals surface area contributed by atoms with Crippen LogP contribution in [0.3, 0.4) is 0 Å². The largest absolute Gasteiger partial charge is 0.373 e. The molecule has 0 aliphatic carbocycles. The maximum Gasteiger partial charge on any atom is 0.232 e. The molecule has 1 amide bonds. The van der Waals surface area contributed by atoms with Crippen LogP contribution in [-0.2, 0) is 16.6 Å². The number of H-pyrrole nitrogens is 1. The van der Waals surface area contributed by atoms with E-state index in [1.807, 2.05) is 37.5 Å². The number of anilines is 1. The monoisotopic (exact) mass is 311 g/mol. The molecule has 7 heteroatoms. The van der Waals surface area contributed by atoms with Gasteiger partial charge in [-0.15, -0.1) is 0 Å². The summed E-state index contributed by atoms with van der Waals surface area (Å²) >= 11 is 0. The molecule has 2 aromatic heterocycles. The van der Waals surface area contributed by atoms with Crippen molar-refractivity contribution in [1.29, 1.82) is 0 Å². The highest BCUT2D eigenvalue weighted by molar-refractivity contribution is 5.93. The third kappa shape index (κ3) is 2.59. The van der Waals surface area contributed by atoms with Gasteiger partial charge in [-0.2, -0.15) is 5.10 Å². The predicted molar refractivity (Wildman–Crippen MR) is 84.7 cm³/mol. The third-order valence-corrected chi connectivity index (χ3v) is 4.11. The topological polar surface area (TPSA) is 84.8 Å². The van der Waals surface area contributed by atoms with Gasteiger partial charge in [0.25, 0.3) is 0 Å². The number of para-hydroxylation sites is 2. The molecule has 1 aromatic carbocycles. The van der Waals surface area contributed by atoms with Crippen LogP contribution >= 0.6 is 0 Å². The first-order valence-corrected chi connectivity index (χ1v) is 7.56. The van der Waals surface area contributed by atoms with Crippen LogP contribution in [0.4, 0.5) is 5.95 Å². The number of rotatable bonds is 3.